The molecule has 0 heterocycles. The fourth-order valence-electron chi connectivity index (χ4n) is 1.03. The summed E-state index contributed by atoms with van der Waals surface area (Å²) < 4.78 is 0. The van der Waals surface area contributed by atoms with Crippen LogP contribution in [0.4, 0.5) is 0 Å². The first-order valence-electron chi connectivity index (χ1n) is 4.97. The molecule has 0 aliphatic heterocycles. The first kappa shape index (κ1) is 13.9. The Hall–Kier alpha value is -0.0500. The Morgan fingerprint density at radius 3 is 1.79 bits per heavy atom. The van der Waals surface area contributed by atoms with Gasteiger partial charge in [0.25, 0.3) is 0 Å². The Morgan fingerprint density at radius 1 is 1.14 bits per heavy atom. The molecule has 3 heteroatoms. The van der Waals surface area contributed by atoms with Crippen LogP contribution >= 0.6 is 15.9 Å². The predicted molar refractivity (Wildman–Crippen MR) is 68.4 cm³/mol. The lowest BCUT2D eigenvalue weighted by Gasteiger charge is -2.32. The maximum absolute atomic E-state index is 4.30. The lowest BCUT2D eigenvalue weighted by atomic mass is 9.91. The average molecular weight is 263 g/mol. The van der Waals surface area contributed by atoms with Crippen LogP contribution in [0.5, 0.6) is 0 Å². The van der Waals surface area contributed by atoms with Crippen molar-refractivity contribution >= 4 is 21.8 Å². The standard InChI is InChI=1S/C11H23BrN2/c1-10(2,3)8(12)9(13-7)14-11(4,5)6/h8H,1-7H3,(H,13,14). The molecule has 0 radical (unpaired) electrons. The molecule has 0 aliphatic carbocycles. The smallest absolute Gasteiger partial charge is 0.111 e. The summed E-state index contributed by atoms with van der Waals surface area (Å²) in [6.45, 7) is 13.0. The molecule has 0 aromatic carbocycles. The highest BCUT2D eigenvalue weighted by Crippen LogP contribution is 2.27. The van der Waals surface area contributed by atoms with Gasteiger partial charge >= 0.3 is 0 Å². The molecule has 14 heavy (non-hydrogen) atoms. The van der Waals surface area contributed by atoms with Gasteiger partial charge in [0, 0.05) is 12.6 Å². The number of halogens is 1. The lowest BCUT2D eigenvalue weighted by molar-refractivity contribution is 0.430. The summed E-state index contributed by atoms with van der Waals surface area (Å²) in [4.78, 5) is 4.56. The van der Waals surface area contributed by atoms with Crippen molar-refractivity contribution in [2.24, 2.45) is 10.4 Å². The van der Waals surface area contributed by atoms with Crippen LogP contribution in [0.1, 0.15) is 41.5 Å². The fourth-order valence-corrected chi connectivity index (χ4v) is 1.35. The van der Waals surface area contributed by atoms with Crippen molar-refractivity contribution in [2.75, 3.05) is 7.05 Å². The topological polar surface area (TPSA) is 24.4 Å². The summed E-state index contributed by atoms with van der Waals surface area (Å²) in [6.07, 6.45) is 0. The summed E-state index contributed by atoms with van der Waals surface area (Å²) in [7, 11) is 1.83. The molecule has 1 unspecified atom stereocenters. The molecule has 2 nitrogen and oxygen atoms in total. The van der Waals surface area contributed by atoms with Crippen molar-refractivity contribution in [2.45, 2.75) is 51.9 Å². The zero-order valence-corrected chi connectivity index (χ0v) is 12.0. The van der Waals surface area contributed by atoms with Gasteiger partial charge in [0.2, 0.25) is 0 Å². The molecule has 1 atom stereocenters. The van der Waals surface area contributed by atoms with Gasteiger partial charge in [-0.05, 0) is 26.2 Å². The molecule has 0 bridgehead atoms. The number of amidine groups is 1. The fraction of sp³-hybridized carbons (Fsp3) is 0.909. The zero-order valence-electron chi connectivity index (χ0n) is 10.4. The largest absolute Gasteiger partial charge is 0.368 e. The van der Waals surface area contributed by atoms with E-state index < -0.39 is 0 Å². The molecular formula is C11H23BrN2. The van der Waals surface area contributed by atoms with E-state index in [9.17, 15) is 0 Å². The molecule has 84 valence electrons. The van der Waals surface area contributed by atoms with E-state index in [1.807, 2.05) is 7.05 Å². The van der Waals surface area contributed by atoms with E-state index in [0.717, 1.165) is 5.84 Å². The van der Waals surface area contributed by atoms with E-state index in [0.29, 0.717) is 0 Å². The minimum Gasteiger partial charge on any atom is -0.368 e. The third-order valence-electron chi connectivity index (χ3n) is 1.74. The minimum atomic E-state index is 0.0616. The first-order chi connectivity index (χ1) is 6.08. The zero-order chi connectivity index (χ0) is 11.6. The van der Waals surface area contributed by atoms with Crippen LogP contribution in [-0.4, -0.2) is 23.2 Å². The molecular weight excluding hydrogens is 240 g/mol. The number of rotatable bonds is 1. The van der Waals surface area contributed by atoms with E-state index in [4.69, 9.17) is 0 Å². The Labute approximate surface area is 96.7 Å². The van der Waals surface area contributed by atoms with E-state index in [2.05, 4.69) is 67.8 Å². The Kier molecular flexibility index (Phi) is 4.63. The third-order valence-corrected chi connectivity index (χ3v) is 3.55. The van der Waals surface area contributed by atoms with Crippen LogP contribution < -0.4 is 5.32 Å². The molecule has 0 amide bonds. The number of aliphatic imine (C=N–C) groups is 1. The van der Waals surface area contributed by atoms with Gasteiger partial charge in [-0.25, -0.2) is 0 Å². The molecule has 0 rings (SSSR count). The second kappa shape index (κ2) is 4.65. The molecule has 0 saturated carbocycles. The van der Waals surface area contributed by atoms with Crippen LogP contribution in [0.3, 0.4) is 0 Å². The van der Waals surface area contributed by atoms with Gasteiger partial charge in [0.05, 0.1) is 4.83 Å². The molecule has 0 spiro atoms. The molecule has 1 N–H and O–H groups in total. The third kappa shape index (κ3) is 4.99. The van der Waals surface area contributed by atoms with Crippen molar-refractivity contribution in [3.05, 3.63) is 0 Å². The lowest BCUT2D eigenvalue weighted by Crippen LogP contribution is -2.47. The maximum atomic E-state index is 4.30. The van der Waals surface area contributed by atoms with Crippen LogP contribution in [0.2, 0.25) is 0 Å². The maximum Gasteiger partial charge on any atom is 0.111 e. The van der Waals surface area contributed by atoms with Crippen LogP contribution in [0, 0.1) is 5.41 Å². The van der Waals surface area contributed by atoms with Crippen molar-refractivity contribution < 1.29 is 0 Å². The molecule has 0 fully saturated rings. The van der Waals surface area contributed by atoms with E-state index in [-0.39, 0.29) is 15.8 Å². The summed E-state index contributed by atoms with van der Waals surface area (Å²) in [5.74, 6) is 1.02. The molecule has 0 aromatic heterocycles. The van der Waals surface area contributed by atoms with Crippen LogP contribution in [0.25, 0.3) is 0 Å². The van der Waals surface area contributed by atoms with Crippen LogP contribution in [-0.2, 0) is 0 Å². The average Bonchev–Trinajstić information content (AvgIpc) is 1.95. The summed E-state index contributed by atoms with van der Waals surface area (Å²) in [6, 6.07) is 0. The second-order valence-electron chi connectivity index (χ2n) is 5.71. The van der Waals surface area contributed by atoms with Gasteiger partial charge in [-0.3, -0.25) is 4.99 Å². The van der Waals surface area contributed by atoms with E-state index in [1.165, 1.54) is 0 Å². The number of hydrogen-bond acceptors (Lipinski definition) is 1. The highest BCUT2D eigenvalue weighted by molar-refractivity contribution is 9.10. The Morgan fingerprint density at radius 2 is 1.57 bits per heavy atom. The number of nitrogens with one attached hydrogen (secondary N) is 1. The summed E-state index contributed by atoms with van der Waals surface area (Å²) in [5, 5.41) is 3.42. The van der Waals surface area contributed by atoms with Gasteiger partial charge < -0.3 is 5.32 Å². The monoisotopic (exact) mass is 262 g/mol. The molecule has 0 aromatic rings. The van der Waals surface area contributed by atoms with E-state index >= 15 is 0 Å². The number of hydrogen-bond donors (Lipinski definition) is 1. The van der Waals surface area contributed by atoms with Gasteiger partial charge in [0.15, 0.2) is 0 Å². The van der Waals surface area contributed by atoms with Gasteiger partial charge in [0.1, 0.15) is 5.84 Å². The highest BCUT2D eigenvalue weighted by atomic mass is 79.9. The number of nitrogens with zero attached hydrogens (tertiary/aromatic N) is 1. The number of alkyl halides is 1. The summed E-state index contributed by atoms with van der Waals surface area (Å²) >= 11 is 3.68. The van der Waals surface area contributed by atoms with Crippen molar-refractivity contribution in [3.63, 3.8) is 0 Å². The van der Waals surface area contributed by atoms with Crippen LogP contribution in [0.15, 0.2) is 4.99 Å². The normalized spacial score (nSPS) is 16.7. The SMILES string of the molecule is CN=C(NC(C)(C)C)C(Br)C(C)(C)C. The van der Waals surface area contributed by atoms with Gasteiger partial charge in [-0.15, -0.1) is 0 Å². The molecule has 0 saturated heterocycles. The van der Waals surface area contributed by atoms with Crippen molar-refractivity contribution in [1.29, 1.82) is 0 Å². The summed E-state index contributed by atoms with van der Waals surface area (Å²) in [5.41, 5.74) is 0.235. The predicted octanol–water partition coefficient (Wildman–Crippen LogP) is 3.21. The van der Waals surface area contributed by atoms with Gasteiger partial charge in [-0.2, -0.15) is 0 Å². The first-order valence-corrected chi connectivity index (χ1v) is 5.88. The molecule has 0 aliphatic rings. The Bertz CT molecular complexity index is 208. The van der Waals surface area contributed by atoms with Gasteiger partial charge in [-0.1, -0.05) is 36.7 Å². The minimum absolute atomic E-state index is 0.0616. The van der Waals surface area contributed by atoms with E-state index in [1.54, 1.807) is 0 Å². The highest BCUT2D eigenvalue weighted by Gasteiger charge is 2.28. The quantitative estimate of drug-likeness (QED) is 0.438. The van der Waals surface area contributed by atoms with Crippen molar-refractivity contribution in [3.8, 4) is 0 Å². The Balaban J connectivity index is 4.62. The second-order valence-corrected chi connectivity index (χ2v) is 6.63. The van der Waals surface area contributed by atoms with Crippen molar-refractivity contribution in [1.82, 2.24) is 5.32 Å².